The molecule has 1 aromatic heterocycles. The second kappa shape index (κ2) is 9.32. The summed E-state index contributed by atoms with van der Waals surface area (Å²) in [7, 11) is 0. The highest BCUT2D eigenvalue weighted by molar-refractivity contribution is 6.30. The van der Waals surface area contributed by atoms with Crippen LogP contribution in [-0.2, 0) is 10.2 Å². The van der Waals surface area contributed by atoms with Crippen molar-refractivity contribution < 1.29 is 4.74 Å². The summed E-state index contributed by atoms with van der Waals surface area (Å²) < 4.78 is 7.20. The molecule has 2 aromatic carbocycles. The first-order chi connectivity index (χ1) is 16.0. The molecule has 5 nitrogen and oxygen atoms in total. The van der Waals surface area contributed by atoms with Gasteiger partial charge in [-0.3, -0.25) is 4.79 Å². The second-order valence-corrected chi connectivity index (χ2v) is 9.89. The summed E-state index contributed by atoms with van der Waals surface area (Å²) >= 11 is 6.24. The van der Waals surface area contributed by atoms with Gasteiger partial charge < -0.3 is 9.64 Å². The van der Waals surface area contributed by atoms with Crippen molar-refractivity contribution in [2.75, 3.05) is 31.2 Å². The van der Waals surface area contributed by atoms with E-state index in [1.165, 1.54) is 11.3 Å². The number of nitrogens with zero attached hydrogens (tertiary/aromatic N) is 3. The lowest BCUT2D eigenvalue weighted by Crippen LogP contribution is -2.36. The van der Waals surface area contributed by atoms with Gasteiger partial charge in [0.15, 0.2) is 0 Å². The molecule has 172 valence electrons. The molecule has 1 aliphatic carbocycles. The fraction of sp³-hybridized carbons (Fsp3) is 0.407. The minimum Gasteiger partial charge on any atom is -0.378 e. The van der Waals surface area contributed by atoms with Crippen LogP contribution in [0.2, 0.25) is 5.02 Å². The molecule has 5 rings (SSSR count). The fourth-order valence-corrected chi connectivity index (χ4v) is 5.35. The Bertz CT molecular complexity index is 1180. The molecule has 0 bridgehead atoms. The first-order valence-corrected chi connectivity index (χ1v) is 12.2. The lowest BCUT2D eigenvalue weighted by atomic mass is 9.69. The molecule has 0 spiro atoms. The third-order valence-corrected chi connectivity index (χ3v) is 7.50. The van der Waals surface area contributed by atoms with E-state index < -0.39 is 0 Å². The monoisotopic (exact) mass is 463 g/mol. The molecule has 6 heteroatoms. The number of benzene rings is 2. The Kier molecular flexibility index (Phi) is 6.26. The average molecular weight is 464 g/mol. The topological polar surface area (TPSA) is 47.4 Å². The zero-order valence-corrected chi connectivity index (χ0v) is 19.8. The van der Waals surface area contributed by atoms with Crippen LogP contribution in [0.3, 0.4) is 0 Å². The van der Waals surface area contributed by atoms with Gasteiger partial charge in [0.2, 0.25) is 0 Å². The number of hydrogen-bond donors (Lipinski definition) is 0. The summed E-state index contributed by atoms with van der Waals surface area (Å²) in [5.41, 5.74) is 4.38. The Morgan fingerprint density at radius 3 is 2.52 bits per heavy atom. The first kappa shape index (κ1) is 22.2. The summed E-state index contributed by atoms with van der Waals surface area (Å²) in [5, 5.41) is 5.61. The van der Waals surface area contributed by atoms with Crippen molar-refractivity contribution in [2.45, 2.75) is 44.1 Å². The normalized spacial score (nSPS) is 23.5. The molecule has 0 N–H and O–H groups in total. The van der Waals surface area contributed by atoms with Crippen molar-refractivity contribution in [1.29, 1.82) is 0 Å². The van der Waals surface area contributed by atoms with Crippen LogP contribution < -0.4 is 10.5 Å². The van der Waals surface area contributed by atoms with Gasteiger partial charge in [0.25, 0.3) is 5.56 Å². The molecule has 0 unspecified atom stereocenters. The van der Waals surface area contributed by atoms with Gasteiger partial charge in [0, 0.05) is 35.4 Å². The Morgan fingerprint density at radius 1 is 1.00 bits per heavy atom. The highest BCUT2D eigenvalue weighted by atomic mass is 35.5. The molecule has 2 heterocycles. The van der Waals surface area contributed by atoms with Crippen molar-refractivity contribution in [3.63, 3.8) is 0 Å². The Morgan fingerprint density at radius 2 is 1.76 bits per heavy atom. The summed E-state index contributed by atoms with van der Waals surface area (Å²) in [6.45, 7) is 5.60. The molecule has 33 heavy (non-hydrogen) atoms. The third-order valence-electron chi connectivity index (χ3n) is 7.27. The number of halogens is 1. The summed E-state index contributed by atoms with van der Waals surface area (Å²) in [6.07, 6.45) is 3.85. The largest absolute Gasteiger partial charge is 0.378 e. The van der Waals surface area contributed by atoms with Crippen LogP contribution in [0.5, 0.6) is 0 Å². The predicted octanol–water partition coefficient (Wildman–Crippen LogP) is 5.47. The molecular weight excluding hydrogens is 434 g/mol. The Balaban J connectivity index is 1.36. The van der Waals surface area contributed by atoms with E-state index >= 15 is 0 Å². The van der Waals surface area contributed by atoms with E-state index in [0.717, 1.165) is 68.3 Å². The number of hydrogen-bond acceptors (Lipinski definition) is 4. The van der Waals surface area contributed by atoms with Crippen molar-refractivity contribution >= 4 is 17.3 Å². The van der Waals surface area contributed by atoms with Gasteiger partial charge in [-0.2, -0.15) is 5.10 Å². The third kappa shape index (κ3) is 4.71. The van der Waals surface area contributed by atoms with Crippen molar-refractivity contribution in [3.8, 4) is 11.3 Å². The van der Waals surface area contributed by atoms with Crippen LogP contribution in [0.15, 0.2) is 65.5 Å². The molecule has 1 saturated heterocycles. The van der Waals surface area contributed by atoms with E-state index in [9.17, 15) is 4.79 Å². The quantitative estimate of drug-likeness (QED) is 0.514. The van der Waals surface area contributed by atoms with E-state index in [2.05, 4.69) is 48.2 Å². The number of rotatable bonds is 4. The van der Waals surface area contributed by atoms with Gasteiger partial charge in [0.1, 0.15) is 0 Å². The number of aromatic nitrogens is 2. The van der Waals surface area contributed by atoms with Crippen molar-refractivity contribution in [3.05, 3.63) is 81.6 Å². The highest BCUT2D eigenvalue weighted by Crippen LogP contribution is 2.43. The second-order valence-electron chi connectivity index (χ2n) is 9.45. The number of anilines is 1. The van der Waals surface area contributed by atoms with Gasteiger partial charge in [-0.15, -0.1) is 0 Å². The van der Waals surface area contributed by atoms with Gasteiger partial charge in [-0.05, 0) is 67.0 Å². The Labute approximate surface area is 200 Å². The summed E-state index contributed by atoms with van der Waals surface area (Å²) in [6, 6.07) is 20.2. The van der Waals surface area contributed by atoms with E-state index in [1.54, 1.807) is 10.7 Å². The highest BCUT2D eigenvalue weighted by Gasteiger charge is 2.34. The van der Waals surface area contributed by atoms with Crippen molar-refractivity contribution in [2.24, 2.45) is 0 Å². The number of ether oxygens (including phenoxy) is 1. The van der Waals surface area contributed by atoms with Crippen molar-refractivity contribution in [1.82, 2.24) is 9.78 Å². The van der Waals surface area contributed by atoms with Gasteiger partial charge in [0.05, 0.1) is 24.9 Å². The molecule has 1 aliphatic heterocycles. The molecule has 3 aromatic rings. The van der Waals surface area contributed by atoms with Crippen LogP contribution in [0.25, 0.3) is 11.3 Å². The standard InChI is InChI=1S/C27H30ClN3O2/c1-27(21-5-3-6-22(28)19-21)12-10-23(11-13-27)31-26(32)9-8-25(29-31)20-4-2-7-24(18-20)30-14-16-33-17-15-30/h2-9,18-19,23H,10-17H2,1H3. The van der Waals surface area contributed by atoms with E-state index in [1.807, 2.05) is 18.2 Å². The zero-order valence-electron chi connectivity index (χ0n) is 19.0. The molecule has 1 saturated carbocycles. The molecule has 2 aliphatic rings. The van der Waals surface area contributed by atoms with E-state index in [0.29, 0.717) is 0 Å². The zero-order chi connectivity index (χ0) is 22.8. The predicted molar refractivity (Wildman–Crippen MR) is 133 cm³/mol. The fourth-order valence-electron chi connectivity index (χ4n) is 5.16. The SMILES string of the molecule is CC1(c2cccc(Cl)c2)CCC(n2nc(-c3cccc(N4CCOCC4)c3)ccc2=O)CC1. The maximum atomic E-state index is 12.8. The van der Waals surface area contributed by atoms with Crippen LogP contribution >= 0.6 is 11.6 Å². The lowest BCUT2D eigenvalue weighted by molar-refractivity contribution is 0.122. The molecular formula is C27H30ClN3O2. The van der Waals surface area contributed by atoms with E-state index in [4.69, 9.17) is 21.4 Å². The van der Waals surface area contributed by atoms with Crippen LogP contribution in [0.4, 0.5) is 5.69 Å². The van der Waals surface area contributed by atoms with Crippen LogP contribution in [-0.4, -0.2) is 36.1 Å². The lowest BCUT2D eigenvalue weighted by Gasteiger charge is -2.38. The first-order valence-electron chi connectivity index (χ1n) is 11.8. The molecule has 0 atom stereocenters. The van der Waals surface area contributed by atoms with E-state index in [-0.39, 0.29) is 17.0 Å². The minimum atomic E-state index is -0.0283. The summed E-state index contributed by atoms with van der Waals surface area (Å²) in [4.78, 5) is 15.1. The van der Waals surface area contributed by atoms with Gasteiger partial charge in [-0.25, -0.2) is 4.68 Å². The Hall–Kier alpha value is -2.63. The number of morpholine rings is 1. The smallest absolute Gasteiger partial charge is 0.267 e. The van der Waals surface area contributed by atoms with Gasteiger partial charge >= 0.3 is 0 Å². The summed E-state index contributed by atoms with van der Waals surface area (Å²) in [5.74, 6) is 0. The van der Waals surface area contributed by atoms with Gasteiger partial charge in [-0.1, -0.05) is 42.8 Å². The molecule has 0 amide bonds. The maximum Gasteiger partial charge on any atom is 0.267 e. The van der Waals surface area contributed by atoms with Crippen LogP contribution in [0.1, 0.15) is 44.2 Å². The van der Waals surface area contributed by atoms with Crippen LogP contribution in [0, 0.1) is 0 Å². The average Bonchev–Trinajstić information content (AvgIpc) is 2.86. The minimum absolute atomic E-state index is 0.0283. The molecule has 2 fully saturated rings. The molecule has 0 radical (unpaired) electrons. The maximum absolute atomic E-state index is 12.8.